The summed E-state index contributed by atoms with van der Waals surface area (Å²) < 4.78 is 0. The molecule has 0 fully saturated rings. The maximum Gasteiger partial charge on any atom is 0 e. The molecule has 0 aromatic carbocycles. The van der Waals surface area contributed by atoms with Crippen LogP contribution in [0.3, 0.4) is 0 Å². The van der Waals surface area contributed by atoms with E-state index in [0.717, 1.165) is 0 Å². The zero-order valence-corrected chi connectivity index (χ0v) is 6.91. The molecule has 0 saturated heterocycles. The Balaban J connectivity index is 0. The third kappa shape index (κ3) is 8.87. The Labute approximate surface area is 71.3 Å². The smallest absolute Gasteiger partial charge is 0 e. The molecule has 0 nitrogen and oxygen atoms in total. The van der Waals surface area contributed by atoms with E-state index in [2.05, 4.69) is 0 Å². The molecule has 0 amide bonds. The second-order valence-electron chi connectivity index (χ2n) is 0. The second kappa shape index (κ2) is 18.8. The molecule has 0 aliphatic carbocycles. The minimum atomic E-state index is 0. The summed E-state index contributed by atoms with van der Waals surface area (Å²) in [5.74, 6) is 0. The molecular weight excluding hydrogens is 237 g/mol. The predicted molar refractivity (Wildman–Crippen MR) is 5.75 cm³/mol. The van der Waals surface area contributed by atoms with Gasteiger partial charge < -0.3 is 0 Å². The van der Waals surface area contributed by atoms with Crippen LogP contribution in [0.15, 0.2) is 0 Å². The molecule has 3 radical (unpaired) electrons. The maximum atomic E-state index is 0. The van der Waals surface area contributed by atoms with E-state index in [9.17, 15) is 0 Å². The van der Waals surface area contributed by atoms with Crippen molar-refractivity contribution >= 4 is 17.4 Å². The Hall–Kier alpha value is 2.23. The van der Waals surface area contributed by atoms with E-state index in [1.807, 2.05) is 0 Å². The molecule has 4 heteroatoms. The molecule has 27 valence electrons. The van der Waals surface area contributed by atoms with Gasteiger partial charge >= 0.3 is 0 Å². The van der Waals surface area contributed by atoms with Crippen LogP contribution in [0.1, 0.15) is 0 Å². The van der Waals surface area contributed by atoms with Gasteiger partial charge in [0.25, 0.3) is 0 Å². The first-order chi connectivity index (χ1) is 0. The maximum absolute atomic E-state index is 0. The second-order valence-corrected chi connectivity index (χ2v) is 0. The number of hydrogen-bond acceptors (Lipinski definition) is 0. The first-order valence-electron chi connectivity index (χ1n) is 0. The molecule has 0 saturated carbocycles. The van der Waals surface area contributed by atoms with E-state index in [0.29, 0.717) is 0 Å². The Morgan fingerprint density at radius 1 is 1.00 bits per heavy atom. The SMILES string of the molecule is [Al].[Fe].[Mo].[Ni]. The van der Waals surface area contributed by atoms with Crippen LogP contribution in [0, 0.1) is 0 Å². The molecule has 0 rings (SSSR count). The largest absolute Gasteiger partial charge is 0 e. The van der Waals surface area contributed by atoms with Crippen LogP contribution in [0.2, 0.25) is 0 Å². The summed E-state index contributed by atoms with van der Waals surface area (Å²) in [6, 6.07) is 0. The van der Waals surface area contributed by atoms with E-state index >= 15 is 0 Å². The van der Waals surface area contributed by atoms with Gasteiger partial charge in [-0.05, 0) is 0 Å². The molecule has 0 aromatic rings. The Morgan fingerprint density at radius 3 is 1.00 bits per heavy atom. The molecule has 0 unspecified atom stereocenters. The summed E-state index contributed by atoms with van der Waals surface area (Å²) in [5, 5.41) is 0. The minimum Gasteiger partial charge on any atom is 0 e. The topological polar surface area (TPSA) is 0 Å². The molecule has 0 bridgehead atoms. The average molecular weight is 237 g/mol. The van der Waals surface area contributed by atoms with Crippen LogP contribution in [-0.4, -0.2) is 17.4 Å². The van der Waals surface area contributed by atoms with Crippen molar-refractivity contribution in [2.45, 2.75) is 0 Å². The van der Waals surface area contributed by atoms with Crippen LogP contribution < -0.4 is 0 Å². The first-order valence-corrected chi connectivity index (χ1v) is 0. The summed E-state index contributed by atoms with van der Waals surface area (Å²) >= 11 is 0. The van der Waals surface area contributed by atoms with Gasteiger partial charge in [0.15, 0.2) is 0 Å². The monoisotopic (exact) mass is 239 g/mol. The standard InChI is InChI=1S/Al.Fe.Mo.Ni. The quantitative estimate of drug-likeness (QED) is 0.504. The van der Waals surface area contributed by atoms with E-state index in [-0.39, 0.29) is 72.0 Å². The fourth-order valence-corrected chi connectivity index (χ4v) is 0. The van der Waals surface area contributed by atoms with Crippen molar-refractivity contribution in [3.8, 4) is 0 Å². The van der Waals surface area contributed by atoms with Gasteiger partial charge in [-0.15, -0.1) is 0 Å². The molecule has 0 aliphatic rings. The average Bonchev–Trinajstić information content (AvgIpc) is 0. The summed E-state index contributed by atoms with van der Waals surface area (Å²) in [5.41, 5.74) is 0. The number of hydrogen-bond donors (Lipinski definition) is 0. The molecule has 0 N–H and O–H groups in total. The van der Waals surface area contributed by atoms with Crippen molar-refractivity contribution in [3.63, 3.8) is 0 Å². The van der Waals surface area contributed by atoms with Gasteiger partial charge in [0.2, 0.25) is 0 Å². The van der Waals surface area contributed by atoms with Crippen molar-refractivity contribution in [3.05, 3.63) is 0 Å². The van der Waals surface area contributed by atoms with Crippen molar-refractivity contribution in [2.75, 3.05) is 0 Å². The van der Waals surface area contributed by atoms with Crippen LogP contribution >= 0.6 is 0 Å². The van der Waals surface area contributed by atoms with Gasteiger partial charge in [-0.1, -0.05) is 0 Å². The van der Waals surface area contributed by atoms with E-state index in [4.69, 9.17) is 0 Å². The summed E-state index contributed by atoms with van der Waals surface area (Å²) in [4.78, 5) is 0. The fraction of sp³-hybridized carbons (Fsp3) is 0. The molecule has 0 aliphatic heterocycles. The number of rotatable bonds is 0. The van der Waals surface area contributed by atoms with E-state index < -0.39 is 0 Å². The molecular formula is AlFeMoNi. The van der Waals surface area contributed by atoms with E-state index in [1.165, 1.54) is 0 Å². The van der Waals surface area contributed by atoms with Crippen molar-refractivity contribution in [1.82, 2.24) is 0 Å². The zero-order chi connectivity index (χ0) is 0. The van der Waals surface area contributed by atoms with Gasteiger partial charge in [0.05, 0.1) is 0 Å². The third-order valence-electron chi connectivity index (χ3n) is 0. The Bertz CT molecular complexity index is 8.00. The summed E-state index contributed by atoms with van der Waals surface area (Å²) in [6.45, 7) is 0. The summed E-state index contributed by atoms with van der Waals surface area (Å²) in [6.07, 6.45) is 0. The minimum absolute atomic E-state index is 0. The molecule has 0 atom stereocenters. The van der Waals surface area contributed by atoms with Crippen molar-refractivity contribution in [2.24, 2.45) is 0 Å². The van der Waals surface area contributed by atoms with Gasteiger partial charge in [-0.2, -0.15) is 0 Å². The first kappa shape index (κ1) is 34.2. The molecule has 4 heavy (non-hydrogen) atoms. The van der Waals surface area contributed by atoms with Crippen molar-refractivity contribution < 1.29 is 54.6 Å². The predicted octanol–water partition coefficient (Wildman–Crippen LogP) is -0.388. The summed E-state index contributed by atoms with van der Waals surface area (Å²) in [7, 11) is 0. The molecule has 0 aromatic heterocycles. The van der Waals surface area contributed by atoms with Gasteiger partial charge in [0, 0.05) is 72.0 Å². The van der Waals surface area contributed by atoms with Crippen LogP contribution in [0.5, 0.6) is 0 Å². The Kier molecular flexibility index (Phi) is 161. The normalized spacial score (nSPS) is 0. The van der Waals surface area contributed by atoms with Crippen LogP contribution in [0.4, 0.5) is 0 Å². The van der Waals surface area contributed by atoms with Crippen LogP contribution in [-0.2, 0) is 54.6 Å². The molecule has 0 spiro atoms. The van der Waals surface area contributed by atoms with Gasteiger partial charge in [-0.25, -0.2) is 0 Å². The third-order valence-corrected chi connectivity index (χ3v) is 0. The van der Waals surface area contributed by atoms with Gasteiger partial charge in [-0.3, -0.25) is 0 Å². The van der Waals surface area contributed by atoms with Gasteiger partial charge in [0.1, 0.15) is 0 Å². The van der Waals surface area contributed by atoms with Crippen molar-refractivity contribution in [1.29, 1.82) is 0 Å². The Morgan fingerprint density at radius 2 is 1.00 bits per heavy atom. The van der Waals surface area contributed by atoms with E-state index in [1.54, 1.807) is 0 Å². The fourth-order valence-electron chi connectivity index (χ4n) is 0. The van der Waals surface area contributed by atoms with Crippen LogP contribution in [0.25, 0.3) is 0 Å². The zero-order valence-electron chi connectivity index (χ0n) is 1.66. The molecule has 0 heterocycles.